The Balaban J connectivity index is 1.33. The van der Waals surface area contributed by atoms with Gasteiger partial charge in [-0.1, -0.05) is 51.1 Å². The first-order valence-corrected chi connectivity index (χ1v) is 16.3. The van der Waals surface area contributed by atoms with Crippen LogP contribution in [0.5, 0.6) is 0 Å². The van der Waals surface area contributed by atoms with Gasteiger partial charge in [0.05, 0.1) is 6.04 Å². The maximum atomic E-state index is 14.3. The number of hydrogen-bond donors (Lipinski definition) is 5. The van der Waals surface area contributed by atoms with E-state index in [0.29, 0.717) is 24.9 Å². The van der Waals surface area contributed by atoms with E-state index in [9.17, 15) is 27.7 Å². The molecule has 1 aliphatic carbocycles. The number of carbonyl (C=O) groups excluding carboxylic acids is 3. The number of nitrogens with one attached hydrogen (secondary N) is 3. The molecule has 13 heteroatoms. The first-order valence-electron chi connectivity index (χ1n) is 14.6. The second-order valence-electron chi connectivity index (χ2n) is 12.7. The van der Waals surface area contributed by atoms with Crippen molar-refractivity contribution in [2.75, 3.05) is 6.54 Å². The molecule has 5 N–H and O–H groups in total. The number of hydrogen-bond acceptors (Lipinski definition) is 4. The maximum Gasteiger partial charge on any atom is 0.399 e. The van der Waals surface area contributed by atoms with Gasteiger partial charge in [0.2, 0.25) is 11.8 Å². The summed E-state index contributed by atoms with van der Waals surface area (Å²) in [6.07, 6.45) is 3.86. The number of aromatic amines is 1. The molecule has 1 fully saturated rings. The van der Waals surface area contributed by atoms with Crippen molar-refractivity contribution in [3.05, 3.63) is 70.9 Å². The minimum Gasteiger partial charge on any atom is -0.351 e. The molecule has 5 rings (SSSR count). The summed E-state index contributed by atoms with van der Waals surface area (Å²) in [6, 6.07) is 10.5. The van der Waals surface area contributed by atoms with E-state index in [1.54, 1.807) is 20.8 Å². The number of H-pyrrole nitrogens is 1. The van der Waals surface area contributed by atoms with E-state index in [1.807, 2.05) is 18.2 Å². The van der Waals surface area contributed by atoms with Crippen molar-refractivity contribution in [3.63, 3.8) is 0 Å². The van der Waals surface area contributed by atoms with Crippen LogP contribution in [0, 0.1) is 5.41 Å². The molecule has 1 aliphatic heterocycles. The molecule has 1 aromatic heterocycles. The summed E-state index contributed by atoms with van der Waals surface area (Å²) in [7, 11) is -5.77. The number of rotatable bonds is 7. The second-order valence-corrected chi connectivity index (χ2v) is 14.3. The van der Waals surface area contributed by atoms with Crippen LogP contribution < -0.4 is 10.6 Å². The highest BCUT2D eigenvalue weighted by Gasteiger charge is 2.50. The van der Waals surface area contributed by atoms with Crippen molar-refractivity contribution in [2.45, 2.75) is 76.7 Å². The third kappa shape index (κ3) is 6.16. The van der Waals surface area contributed by atoms with Crippen LogP contribution in [0.1, 0.15) is 79.7 Å². The molecule has 1 saturated heterocycles. The Morgan fingerprint density at radius 3 is 2.48 bits per heavy atom. The Morgan fingerprint density at radius 2 is 1.77 bits per heavy atom. The minimum atomic E-state index is -5.77. The summed E-state index contributed by atoms with van der Waals surface area (Å²) in [5.41, 5.74) is -3.46. The quantitative estimate of drug-likeness (QED) is 0.238. The van der Waals surface area contributed by atoms with Gasteiger partial charge in [0.1, 0.15) is 17.8 Å². The van der Waals surface area contributed by atoms with Crippen molar-refractivity contribution in [1.82, 2.24) is 20.5 Å². The normalized spacial score (nSPS) is 19.8. The van der Waals surface area contributed by atoms with Crippen molar-refractivity contribution >= 4 is 36.2 Å². The molecule has 0 saturated carbocycles. The van der Waals surface area contributed by atoms with Gasteiger partial charge < -0.3 is 30.3 Å². The van der Waals surface area contributed by atoms with Gasteiger partial charge in [0, 0.05) is 23.0 Å². The molecule has 2 aromatic carbocycles. The van der Waals surface area contributed by atoms with Crippen molar-refractivity contribution in [2.24, 2.45) is 5.41 Å². The van der Waals surface area contributed by atoms with Gasteiger partial charge in [-0.05, 0) is 66.8 Å². The van der Waals surface area contributed by atoms with E-state index in [1.165, 1.54) is 22.6 Å². The van der Waals surface area contributed by atoms with E-state index in [-0.39, 0.29) is 23.0 Å². The highest BCUT2D eigenvalue weighted by atomic mass is 31.2. The average molecular weight is 631 g/mol. The van der Waals surface area contributed by atoms with Gasteiger partial charge in [0.15, 0.2) is 0 Å². The summed E-state index contributed by atoms with van der Waals surface area (Å²) in [5.74, 6) is -1.29. The van der Waals surface area contributed by atoms with Crippen LogP contribution in [0.4, 0.5) is 8.78 Å². The first kappa shape index (κ1) is 31.8. The van der Waals surface area contributed by atoms with Crippen LogP contribution in [-0.2, 0) is 26.2 Å². The number of benzene rings is 2. The number of likely N-dealkylation sites (tertiary alicyclic amines) is 1. The Morgan fingerprint density at radius 1 is 1.05 bits per heavy atom. The number of carbonyl (C=O) groups is 3. The molecule has 3 amide bonds. The van der Waals surface area contributed by atoms with Gasteiger partial charge in [0.25, 0.3) is 5.91 Å². The fraction of sp³-hybridized carbons (Fsp3) is 0.452. The monoisotopic (exact) mass is 630 g/mol. The summed E-state index contributed by atoms with van der Waals surface area (Å²) in [5, 5.41) is 6.06. The first-order chi connectivity index (χ1) is 20.6. The SMILES string of the molecule is CC(C)(C)[C@H](NC(=O)c1cc2cc(C(F)(F)P(=O)(O)O)ccc2[nH]1)C(=O)N1CCC[C@H]1C(=O)N[C@H]1CCCc2ccccc21. The highest BCUT2D eigenvalue weighted by molar-refractivity contribution is 7.52. The summed E-state index contributed by atoms with van der Waals surface area (Å²) in [4.78, 5) is 63.3. The number of alkyl halides is 2. The Labute approximate surface area is 253 Å². The third-order valence-corrected chi connectivity index (χ3v) is 9.48. The zero-order valence-electron chi connectivity index (χ0n) is 24.8. The topological polar surface area (TPSA) is 152 Å². The number of amides is 3. The van der Waals surface area contributed by atoms with Crippen LogP contribution in [0.2, 0.25) is 0 Å². The van der Waals surface area contributed by atoms with E-state index >= 15 is 0 Å². The van der Waals surface area contributed by atoms with Crippen molar-refractivity contribution < 1.29 is 37.5 Å². The largest absolute Gasteiger partial charge is 0.399 e. The zero-order chi connectivity index (χ0) is 32.0. The van der Waals surface area contributed by atoms with Crippen LogP contribution in [-0.4, -0.2) is 56.0 Å². The number of halogens is 2. The molecule has 236 valence electrons. The fourth-order valence-electron chi connectivity index (χ4n) is 6.11. The summed E-state index contributed by atoms with van der Waals surface area (Å²) >= 11 is 0. The van der Waals surface area contributed by atoms with Crippen molar-refractivity contribution in [1.29, 1.82) is 0 Å². The predicted octanol–water partition coefficient (Wildman–Crippen LogP) is 4.72. The van der Waals surface area contributed by atoms with Crippen LogP contribution in [0.15, 0.2) is 48.5 Å². The van der Waals surface area contributed by atoms with Crippen LogP contribution in [0.25, 0.3) is 10.9 Å². The molecule has 3 atom stereocenters. The molecule has 10 nitrogen and oxygen atoms in total. The van der Waals surface area contributed by atoms with Gasteiger partial charge in [-0.3, -0.25) is 18.9 Å². The zero-order valence-corrected chi connectivity index (χ0v) is 25.7. The molecule has 0 bridgehead atoms. The van der Waals surface area contributed by atoms with Gasteiger partial charge in [-0.2, -0.15) is 8.78 Å². The lowest BCUT2D eigenvalue weighted by molar-refractivity contribution is -0.142. The Kier molecular flexibility index (Phi) is 8.48. The molecule has 3 aromatic rings. The van der Waals surface area contributed by atoms with E-state index in [4.69, 9.17) is 9.79 Å². The summed E-state index contributed by atoms with van der Waals surface area (Å²) < 4.78 is 39.8. The average Bonchev–Trinajstić information content (AvgIpc) is 3.62. The predicted molar refractivity (Wildman–Crippen MR) is 160 cm³/mol. The number of aryl methyl sites for hydroxylation is 1. The van der Waals surface area contributed by atoms with Gasteiger partial charge in [-0.25, -0.2) is 0 Å². The Bertz CT molecular complexity index is 1650. The van der Waals surface area contributed by atoms with Gasteiger partial charge >= 0.3 is 13.3 Å². The molecule has 2 heterocycles. The molecular weight excluding hydrogens is 593 g/mol. The molecule has 44 heavy (non-hydrogen) atoms. The number of aromatic nitrogens is 1. The molecule has 0 unspecified atom stereocenters. The molecule has 2 aliphatic rings. The van der Waals surface area contributed by atoms with E-state index in [0.717, 1.165) is 37.0 Å². The highest BCUT2D eigenvalue weighted by Crippen LogP contribution is 2.59. The lowest BCUT2D eigenvalue weighted by Gasteiger charge is -2.36. The lowest BCUT2D eigenvalue weighted by atomic mass is 9.85. The molecular formula is C31H37F2N4O6P. The number of nitrogens with zero attached hydrogens (tertiary/aromatic N) is 1. The van der Waals surface area contributed by atoms with Gasteiger partial charge in [-0.15, -0.1) is 0 Å². The smallest absolute Gasteiger partial charge is 0.351 e. The molecule has 0 radical (unpaired) electrons. The fourth-order valence-corrected chi connectivity index (χ4v) is 6.58. The standard InChI is InChI=1S/C31H37F2N4O6P/c1-30(2,3)26(36-27(38)24-17-19-16-20(13-14-22(19)34-24)31(32,33)44(41,42)43)29(40)37-15-7-12-25(37)28(39)35-23-11-6-9-18-8-4-5-10-21(18)23/h4-5,8,10,13-14,16-17,23,25-26,34H,6-7,9,11-12,15H2,1-3H3,(H,35,39)(H,36,38)(H2,41,42,43)/t23-,25-,26+/m0/s1. The maximum absolute atomic E-state index is 14.3. The van der Waals surface area contributed by atoms with E-state index in [2.05, 4.69) is 21.7 Å². The molecule has 0 spiro atoms. The van der Waals surface area contributed by atoms with Crippen LogP contribution >= 0.6 is 7.60 Å². The third-order valence-electron chi connectivity index (χ3n) is 8.49. The van der Waals surface area contributed by atoms with E-state index < -0.39 is 48.1 Å². The summed E-state index contributed by atoms with van der Waals surface area (Å²) in [6.45, 7) is 5.74. The Hall–Kier alpha value is -3.60. The second kappa shape index (κ2) is 11.7. The van der Waals surface area contributed by atoms with Crippen molar-refractivity contribution in [3.8, 4) is 0 Å². The minimum absolute atomic E-state index is 0.0228. The number of fused-ring (bicyclic) bond motifs is 2. The lowest BCUT2D eigenvalue weighted by Crippen LogP contribution is -2.57. The van der Waals surface area contributed by atoms with Crippen LogP contribution in [0.3, 0.4) is 0 Å².